The van der Waals surface area contributed by atoms with Crippen LogP contribution in [0.2, 0.25) is 0 Å². The Kier molecular flexibility index (Phi) is 3.73. The maximum Gasteiger partial charge on any atom is 0.140 e. The van der Waals surface area contributed by atoms with Gasteiger partial charge < -0.3 is 10.3 Å². The largest absolute Gasteiger partial charge is 0.332 e. The Morgan fingerprint density at radius 3 is 3.06 bits per heavy atom. The van der Waals surface area contributed by atoms with E-state index in [0.717, 1.165) is 36.0 Å². The molecule has 0 bridgehead atoms. The van der Waals surface area contributed by atoms with Gasteiger partial charge in [0.05, 0.1) is 6.07 Å². The number of nitrogens with two attached hydrogens (primary N) is 1. The summed E-state index contributed by atoms with van der Waals surface area (Å²) < 4.78 is 2.13. The Bertz CT molecular complexity index is 536. The lowest BCUT2D eigenvalue weighted by Gasteiger charge is -2.02. The van der Waals surface area contributed by atoms with Crippen molar-refractivity contribution in [3.8, 4) is 6.07 Å². The van der Waals surface area contributed by atoms with E-state index in [9.17, 15) is 0 Å². The van der Waals surface area contributed by atoms with Crippen molar-refractivity contribution in [2.24, 2.45) is 5.73 Å². The lowest BCUT2D eigenvalue weighted by molar-refractivity contribution is 0.627. The topological polar surface area (TPSA) is 67.6 Å². The molecular weight excluding hydrogens is 212 g/mol. The van der Waals surface area contributed by atoms with Crippen molar-refractivity contribution in [3.63, 3.8) is 0 Å². The van der Waals surface area contributed by atoms with Gasteiger partial charge in [-0.1, -0.05) is 0 Å². The zero-order valence-corrected chi connectivity index (χ0v) is 9.76. The first kappa shape index (κ1) is 11.6. The summed E-state index contributed by atoms with van der Waals surface area (Å²) in [5.41, 5.74) is 7.84. The van der Waals surface area contributed by atoms with Crippen LogP contribution in [0.15, 0.2) is 24.5 Å². The van der Waals surface area contributed by atoms with Crippen LogP contribution < -0.4 is 5.73 Å². The van der Waals surface area contributed by atoms with Crippen LogP contribution in [0.3, 0.4) is 0 Å². The van der Waals surface area contributed by atoms with Crippen molar-refractivity contribution in [2.75, 3.05) is 0 Å². The summed E-state index contributed by atoms with van der Waals surface area (Å²) in [6.45, 7) is 1.43. The van der Waals surface area contributed by atoms with Crippen LogP contribution in [0.5, 0.6) is 0 Å². The number of nitriles is 1. The van der Waals surface area contributed by atoms with Gasteiger partial charge in [0, 0.05) is 37.3 Å². The molecule has 0 spiro atoms. The highest BCUT2D eigenvalue weighted by atomic mass is 15.0. The second-order valence-corrected chi connectivity index (χ2v) is 4.04. The van der Waals surface area contributed by atoms with Crippen molar-refractivity contribution >= 4 is 11.0 Å². The third kappa shape index (κ3) is 2.45. The minimum atomic E-state index is 0.535. The van der Waals surface area contributed by atoms with E-state index in [-0.39, 0.29) is 0 Å². The highest BCUT2D eigenvalue weighted by Crippen LogP contribution is 2.19. The van der Waals surface area contributed by atoms with E-state index < -0.39 is 0 Å². The Hall–Kier alpha value is -1.86. The third-order valence-corrected chi connectivity index (χ3v) is 2.87. The van der Waals surface area contributed by atoms with E-state index in [1.807, 2.05) is 6.07 Å². The molecule has 0 aliphatic heterocycles. The van der Waals surface area contributed by atoms with Crippen LogP contribution in [0.4, 0.5) is 0 Å². The highest BCUT2D eigenvalue weighted by Gasteiger charge is 2.07. The number of unbranched alkanes of at least 4 members (excludes halogenated alkanes) is 2. The van der Waals surface area contributed by atoms with Crippen LogP contribution in [-0.2, 0) is 13.1 Å². The van der Waals surface area contributed by atoms with Crippen molar-refractivity contribution in [3.05, 3.63) is 30.1 Å². The van der Waals surface area contributed by atoms with Crippen LogP contribution in [0, 0.1) is 11.3 Å². The molecule has 4 heteroatoms. The van der Waals surface area contributed by atoms with Crippen LogP contribution in [0.25, 0.3) is 11.0 Å². The van der Waals surface area contributed by atoms with Crippen LogP contribution in [0.1, 0.15) is 24.8 Å². The zero-order chi connectivity index (χ0) is 12.1. The molecule has 0 saturated carbocycles. The normalized spacial score (nSPS) is 10.6. The highest BCUT2D eigenvalue weighted by molar-refractivity contribution is 5.80. The molecule has 4 nitrogen and oxygen atoms in total. The Labute approximate surface area is 101 Å². The molecule has 17 heavy (non-hydrogen) atoms. The molecule has 0 aromatic carbocycles. The Morgan fingerprint density at radius 2 is 2.29 bits per heavy atom. The first-order valence-electron chi connectivity index (χ1n) is 5.86. The third-order valence-electron chi connectivity index (χ3n) is 2.87. The average Bonchev–Trinajstić information content (AvgIpc) is 2.73. The molecule has 88 valence electrons. The lowest BCUT2D eigenvalue weighted by Crippen LogP contribution is -1.98. The van der Waals surface area contributed by atoms with Gasteiger partial charge in [0.25, 0.3) is 0 Å². The molecule has 2 rings (SSSR count). The van der Waals surface area contributed by atoms with Crippen molar-refractivity contribution in [1.82, 2.24) is 9.55 Å². The van der Waals surface area contributed by atoms with Gasteiger partial charge in [-0.25, -0.2) is 4.98 Å². The van der Waals surface area contributed by atoms with Crippen molar-refractivity contribution < 1.29 is 0 Å². The van der Waals surface area contributed by atoms with E-state index in [2.05, 4.69) is 27.9 Å². The van der Waals surface area contributed by atoms with Gasteiger partial charge in [-0.2, -0.15) is 5.26 Å². The number of hydrogen-bond acceptors (Lipinski definition) is 3. The molecule has 0 radical (unpaired) electrons. The SMILES string of the molecule is N#CCCCCn1cc(CN)c2cccnc21. The minimum absolute atomic E-state index is 0.535. The second-order valence-electron chi connectivity index (χ2n) is 4.04. The van der Waals surface area contributed by atoms with Gasteiger partial charge in [0.15, 0.2) is 0 Å². The number of fused-ring (bicyclic) bond motifs is 1. The summed E-state index contributed by atoms with van der Waals surface area (Å²) in [5, 5.41) is 9.63. The molecular formula is C13H16N4. The van der Waals surface area contributed by atoms with Gasteiger partial charge in [-0.05, 0) is 30.5 Å². The first-order chi connectivity index (χ1) is 8.36. The Balaban J connectivity index is 2.19. The van der Waals surface area contributed by atoms with E-state index in [0.29, 0.717) is 13.0 Å². The second kappa shape index (κ2) is 5.46. The molecule has 0 fully saturated rings. The minimum Gasteiger partial charge on any atom is -0.332 e. The Morgan fingerprint density at radius 1 is 1.41 bits per heavy atom. The summed E-state index contributed by atoms with van der Waals surface area (Å²) in [7, 11) is 0. The van der Waals surface area contributed by atoms with Gasteiger partial charge in [-0.3, -0.25) is 0 Å². The van der Waals surface area contributed by atoms with E-state index in [4.69, 9.17) is 11.0 Å². The summed E-state index contributed by atoms with van der Waals surface area (Å²) in [4.78, 5) is 4.39. The molecule has 0 aliphatic carbocycles. The number of aryl methyl sites for hydroxylation is 1. The molecule has 0 saturated heterocycles. The predicted molar refractivity (Wildman–Crippen MR) is 67.1 cm³/mol. The smallest absolute Gasteiger partial charge is 0.140 e. The standard InChI is InChI=1S/C13H16N4/c14-6-2-1-3-8-17-10-11(9-15)12-5-4-7-16-13(12)17/h4-5,7,10H,1-3,8-9,15H2. The number of nitrogens with zero attached hydrogens (tertiary/aromatic N) is 3. The number of pyridine rings is 1. The van der Waals surface area contributed by atoms with Gasteiger partial charge >= 0.3 is 0 Å². The summed E-state index contributed by atoms with van der Waals surface area (Å²) in [6, 6.07) is 6.15. The molecule has 0 aliphatic rings. The molecule has 2 N–H and O–H groups in total. The summed E-state index contributed by atoms with van der Waals surface area (Å²) in [6.07, 6.45) is 6.42. The van der Waals surface area contributed by atoms with Crippen molar-refractivity contribution in [2.45, 2.75) is 32.4 Å². The zero-order valence-electron chi connectivity index (χ0n) is 9.76. The van der Waals surface area contributed by atoms with Gasteiger partial charge in [-0.15, -0.1) is 0 Å². The summed E-state index contributed by atoms with van der Waals surface area (Å²) in [5.74, 6) is 0. The monoisotopic (exact) mass is 228 g/mol. The molecule has 0 amide bonds. The quantitative estimate of drug-likeness (QED) is 0.797. The maximum atomic E-state index is 8.49. The number of hydrogen-bond donors (Lipinski definition) is 1. The van der Waals surface area contributed by atoms with Gasteiger partial charge in [0.1, 0.15) is 5.65 Å². The van der Waals surface area contributed by atoms with E-state index in [1.165, 1.54) is 0 Å². The number of aromatic nitrogens is 2. The average molecular weight is 228 g/mol. The number of rotatable bonds is 5. The fourth-order valence-corrected chi connectivity index (χ4v) is 2.01. The van der Waals surface area contributed by atoms with E-state index in [1.54, 1.807) is 6.20 Å². The van der Waals surface area contributed by atoms with E-state index >= 15 is 0 Å². The molecule has 2 aromatic rings. The van der Waals surface area contributed by atoms with Crippen LogP contribution in [-0.4, -0.2) is 9.55 Å². The fraction of sp³-hybridized carbons (Fsp3) is 0.385. The maximum absolute atomic E-state index is 8.49. The lowest BCUT2D eigenvalue weighted by atomic mass is 10.2. The molecule has 0 atom stereocenters. The molecule has 2 aromatic heterocycles. The molecule has 2 heterocycles. The predicted octanol–water partition coefficient (Wildman–Crippen LogP) is 2.19. The fourth-order valence-electron chi connectivity index (χ4n) is 2.01. The van der Waals surface area contributed by atoms with Crippen LogP contribution >= 0.6 is 0 Å². The molecule has 0 unspecified atom stereocenters. The van der Waals surface area contributed by atoms with Gasteiger partial charge in [0.2, 0.25) is 0 Å². The summed E-state index contributed by atoms with van der Waals surface area (Å²) >= 11 is 0. The van der Waals surface area contributed by atoms with Crippen molar-refractivity contribution in [1.29, 1.82) is 5.26 Å². The first-order valence-corrected chi connectivity index (χ1v) is 5.86.